The number of likely N-dealkylation sites (tertiary alicyclic amines) is 1. The van der Waals surface area contributed by atoms with E-state index in [4.69, 9.17) is 16.5 Å². The van der Waals surface area contributed by atoms with E-state index in [0.717, 1.165) is 37.9 Å². The molecule has 1 aromatic rings. The van der Waals surface area contributed by atoms with E-state index in [1.165, 1.54) is 37.9 Å². The molecule has 6 heteroatoms. The van der Waals surface area contributed by atoms with Gasteiger partial charge in [-0.25, -0.2) is 4.99 Å². The third-order valence-corrected chi connectivity index (χ3v) is 5.63. The van der Waals surface area contributed by atoms with Gasteiger partial charge in [-0.15, -0.1) is 0 Å². The number of aliphatic imine (C=N–C) groups is 2. The highest BCUT2D eigenvalue weighted by Crippen LogP contribution is 2.39. The SMILES string of the molecule is NC1=NC2(CCCCC2)N(c2cccc(CN3CCCC3)c2)C(N)=N1. The summed E-state index contributed by atoms with van der Waals surface area (Å²) in [5.74, 6) is 0.775. The molecule has 1 saturated carbocycles. The van der Waals surface area contributed by atoms with Gasteiger partial charge in [-0.2, -0.15) is 4.99 Å². The van der Waals surface area contributed by atoms with E-state index in [9.17, 15) is 0 Å². The molecule has 0 radical (unpaired) electrons. The van der Waals surface area contributed by atoms with E-state index in [-0.39, 0.29) is 5.66 Å². The van der Waals surface area contributed by atoms with Crippen molar-refractivity contribution in [3.63, 3.8) is 0 Å². The summed E-state index contributed by atoms with van der Waals surface area (Å²) >= 11 is 0. The lowest BCUT2D eigenvalue weighted by Gasteiger charge is -2.45. The largest absolute Gasteiger partial charge is 0.369 e. The van der Waals surface area contributed by atoms with Crippen LogP contribution in [0.15, 0.2) is 34.3 Å². The van der Waals surface area contributed by atoms with Crippen LogP contribution in [0.1, 0.15) is 50.5 Å². The molecule has 0 unspecified atom stereocenters. The van der Waals surface area contributed by atoms with Gasteiger partial charge in [0.05, 0.1) is 0 Å². The molecule has 0 amide bonds. The van der Waals surface area contributed by atoms with Crippen molar-refractivity contribution in [1.82, 2.24) is 4.90 Å². The van der Waals surface area contributed by atoms with Gasteiger partial charge in [0.15, 0.2) is 0 Å². The Labute approximate surface area is 149 Å². The molecular weight excluding hydrogens is 312 g/mol. The van der Waals surface area contributed by atoms with Crippen LogP contribution in [-0.2, 0) is 6.54 Å². The minimum atomic E-state index is -0.361. The summed E-state index contributed by atoms with van der Waals surface area (Å²) in [6, 6.07) is 8.67. The second-order valence-corrected chi connectivity index (χ2v) is 7.47. The van der Waals surface area contributed by atoms with E-state index in [1.807, 2.05) is 0 Å². The first-order chi connectivity index (χ1) is 12.2. The molecule has 1 spiro atoms. The molecule has 0 aromatic heterocycles. The monoisotopic (exact) mass is 340 g/mol. The normalized spacial score (nSPS) is 23.6. The summed E-state index contributed by atoms with van der Waals surface area (Å²) in [6.07, 6.45) is 8.10. The highest BCUT2D eigenvalue weighted by atomic mass is 15.4. The Morgan fingerprint density at radius 3 is 2.52 bits per heavy atom. The summed E-state index contributed by atoms with van der Waals surface area (Å²) < 4.78 is 0. The van der Waals surface area contributed by atoms with Crippen LogP contribution in [-0.4, -0.2) is 35.6 Å². The van der Waals surface area contributed by atoms with Gasteiger partial charge in [-0.1, -0.05) is 18.6 Å². The van der Waals surface area contributed by atoms with Crippen LogP contribution in [0, 0.1) is 0 Å². The van der Waals surface area contributed by atoms with Crippen LogP contribution < -0.4 is 16.4 Å². The van der Waals surface area contributed by atoms with E-state index < -0.39 is 0 Å². The van der Waals surface area contributed by atoms with Crippen LogP contribution in [0.5, 0.6) is 0 Å². The molecule has 0 atom stereocenters. The first-order valence-corrected chi connectivity index (χ1v) is 9.47. The first kappa shape index (κ1) is 16.4. The molecule has 2 fully saturated rings. The van der Waals surface area contributed by atoms with Crippen molar-refractivity contribution in [3.05, 3.63) is 29.8 Å². The molecule has 4 N–H and O–H groups in total. The Hall–Kier alpha value is -2.08. The third kappa shape index (κ3) is 3.23. The molecule has 0 bridgehead atoms. The Bertz CT molecular complexity index is 683. The number of anilines is 1. The molecule has 3 aliphatic rings. The summed E-state index contributed by atoms with van der Waals surface area (Å²) in [7, 11) is 0. The van der Waals surface area contributed by atoms with Crippen molar-refractivity contribution in [2.24, 2.45) is 21.5 Å². The lowest BCUT2D eigenvalue weighted by Crippen LogP contribution is -2.58. The molecule has 4 rings (SSSR count). The van der Waals surface area contributed by atoms with Crippen molar-refractivity contribution < 1.29 is 0 Å². The number of rotatable bonds is 3. The Kier molecular flexibility index (Phi) is 4.37. The maximum Gasteiger partial charge on any atom is 0.220 e. The lowest BCUT2D eigenvalue weighted by molar-refractivity contribution is 0.305. The zero-order valence-electron chi connectivity index (χ0n) is 14.8. The maximum atomic E-state index is 6.33. The zero-order valence-corrected chi connectivity index (χ0v) is 14.8. The Morgan fingerprint density at radius 2 is 1.76 bits per heavy atom. The van der Waals surface area contributed by atoms with Crippen molar-refractivity contribution in [2.75, 3.05) is 18.0 Å². The molecule has 1 saturated heterocycles. The van der Waals surface area contributed by atoms with Gasteiger partial charge in [-0.3, -0.25) is 9.80 Å². The standard InChI is InChI=1S/C19H28N6/c20-17-22-18(21)25(19(23-17)9-2-1-3-10-19)16-8-6-7-15(13-16)14-24-11-4-5-12-24/h6-8,13H,1-5,9-12,14H2,(H4,20,21,22,23). The second-order valence-electron chi connectivity index (χ2n) is 7.47. The maximum absolute atomic E-state index is 6.33. The second kappa shape index (κ2) is 6.67. The van der Waals surface area contributed by atoms with Gasteiger partial charge in [0, 0.05) is 12.2 Å². The van der Waals surface area contributed by atoms with Crippen LogP contribution in [0.4, 0.5) is 5.69 Å². The van der Waals surface area contributed by atoms with Gasteiger partial charge in [0.2, 0.25) is 11.9 Å². The molecule has 2 heterocycles. The fourth-order valence-electron chi connectivity index (χ4n) is 4.49. The quantitative estimate of drug-likeness (QED) is 0.885. The fraction of sp³-hybridized carbons (Fsp3) is 0.579. The highest BCUT2D eigenvalue weighted by Gasteiger charge is 2.42. The highest BCUT2D eigenvalue weighted by molar-refractivity contribution is 6.05. The lowest BCUT2D eigenvalue weighted by atomic mass is 9.87. The van der Waals surface area contributed by atoms with Gasteiger partial charge in [0.1, 0.15) is 5.66 Å². The fourth-order valence-corrected chi connectivity index (χ4v) is 4.49. The molecule has 25 heavy (non-hydrogen) atoms. The van der Waals surface area contributed by atoms with Crippen LogP contribution in [0.2, 0.25) is 0 Å². The molecule has 1 aliphatic carbocycles. The van der Waals surface area contributed by atoms with Gasteiger partial charge < -0.3 is 11.5 Å². The molecule has 1 aromatic carbocycles. The minimum Gasteiger partial charge on any atom is -0.369 e. The predicted molar refractivity (Wildman–Crippen MR) is 102 cm³/mol. The van der Waals surface area contributed by atoms with Crippen LogP contribution in [0.25, 0.3) is 0 Å². The summed E-state index contributed by atoms with van der Waals surface area (Å²) in [6.45, 7) is 3.39. The van der Waals surface area contributed by atoms with Gasteiger partial charge in [-0.05, 0) is 69.3 Å². The predicted octanol–water partition coefficient (Wildman–Crippen LogP) is 2.39. The summed E-state index contributed by atoms with van der Waals surface area (Å²) in [5.41, 5.74) is 14.3. The van der Waals surface area contributed by atoms with E-state index >= 15 is 0 Å². The van der Waals surface area contributed by atoms with E-state index in [1.54, 1.807) is 0 Å². The molecule has 6 nitrogen and oxygen atoms in total. The van der Waals surface area contributed by atoms with Crippen molar-refractivity contribution >= 4 is 17.6 Å². The number of hydrogen-bond acceptors (Lipinski definition) is 6. The van der Waals surface area contributed by atoms with Crippen molar-refractivity contribution in [1.29, 1.82) is 0 Å². The number of nitrogens with two attached hydrogens (primary N) is 2. The van der Waals surface area contributed by atoms with Crippen LogP contribution >= 0.6 is 0 Å². The zero-order chi connectivity index (χ0) is 17.3. The molecule has 2 aliphatic heterocycles. The number of hydrogen-bond donors (Lipinski definition) is 2. The number of benzene rings is 1. The van der Waals surface area contributed by atoms with E-state index in [2.05, 4.69) is 39.1 Å². The van der Waals surface area contributed by atoms with Crippen molar-refractivity contribution in [2.45, 2.75) is 57.2 Å². The van der Waals surface area contributed by atoms with Crippen molar-refractivity contribution in [3.8, 4) is 0 Å². The average Bonchev–Trinajstić information content (AvgIpc) is 3.08. The van der Waals surface area contributed by atoms with Crippen LogP contribution in [0.3, 0.4) is 0 Å². The topological polar surface area (TPSA) is 83.2 Å². The average molecular weight is 340 g/mol. The van der Waals surface area contributed by atoms with Gasteiger partial charge in [0.25, 0.3) is 0 Å². The minimum absolute atomic E-state index is 0.309. The Balaban J connectivity index is 1.65. The molecule has 134 valence electrons. The van der Waals surface area contributed by atoms with E-state index in [0.29, 0.717) is 11.9 Å². The summed E-state index contributed by atoms with van der Waals surface area (Å²) in [5, 5.41) is 0. The first-order valence-electron chi connectivity index (χ1n) is 9.47. The Morgan fingerprint density at radius 1 is 1.00 bits per heavy atom. The summed E-state index contributed by atoms with van der Waals surface area (Å²) in [4.78, 5) is 13.7. The van der Waals surface area contributed by atoms with Gasteiger partial charge >= 0.3 is 0 Å². The smallest absolute Gasteiger partial charge is 0.220 e. The number of guanidine groups is 2. The molecular formula is C19H28N6. The third-order valence-electron chi connectivity index (χ3n) is 5.63. The number of nitrogens with zero attached hydrogens (tertiary/aromatic N) is 4.